The van der Waals surface area contributed by atoms with Crippen molar-refractivity contribution >= 4 is 11.0 Å². The summed E-state index contributed by atoms with van der Waals surface area (Å²) in [6, 6.07) is 7.74. The van der Waals surface area contributed by atoms with Crippen LogP contribution in [0.2, 0.25) is 0 Å². The molecule has 16 heavy (non-hydrogen) atoms. The number of fused-ring (bicyclic) bond motifs is 1. The molecular weight excluding hydrogens is 198 g/mol. The number of H-pyrrole nitrogens is 1. The van der Waals surface area contributed by atoms with Gasteiger partial charge in [0.25, 0.3) is 0 Å². The monoisotopic (exact) mass is 211 g/mol. The van der Waals surface area contributed by atoms with Crippen LogP contribution in [-0.2, 0) is 0 Å². The van der Waals surface area contributed by atoms with Crippen molar-refractivity contribution in [1.29, 1.82) is 5.26 Å². The molecule has 0 amide bonds. The quantitative estimate of drug-likeness (QED) is 0.830. The number of hydrogen-bond acceptors (Lipinski definition) is 2. The van der Waals surface area contributed by atoms with Gasteiger partial charge in [-0.25, -0.2) is 4.98 Å². The minimum atomic E-state index is 0.512. The summed E-state index contributed by atoms with van der Waals surface area (Å²) in [4.78, 5) is 7.91. The van der Waals surface area contributed by atoms with Gasteiger partial charge in [0.1, 0.15) is 5.82 Å². The van der Waals surface area contributed by atoms with E-state index in [9.17, 15) is 0 Å². The van der Waals surface area contributed by atoms with Crippen molar-refractivity contribution in [1.82, 2.24) is 9.97 Å². The standard InChI is InChI=1S/C13H13N3/c1-8(10-3-4-10)13-15-11-5-2-9(7-14)6-12(11)16-13/h2,5-6,8,10H,3-4H2,1H3,(H,15,16). The zero-order valence-electron chi connectivity index (χ0n) is 9.20. The lowest BCUT2D eigenvalue weighted by Gasteiger charge is -2.04. The summed E-state index contributed by atoms with van der Waals surface area (Å²) in [5.41, 5.74) is 2.62. The van der Waals surface area contributed by atoms with Crippen LogP contribution < -0.4 is 0 Å². The van der Waals surface area contributed by atoms with Gasteiger partial charge >= 0.3 is 0 Å². The Morgan fingerprint density at radius 1 is 1.50 bits per heavy atom. The molecule has 1 heterocycles. The molecule has 1 fully saturated rings. The fourth-order valence-electron chi connectivity index (χ4n) is 2.13. The molecule has 3 rings (SSSR count). The number of benzene rings is 1. The largest absolute Gasteiger partial charge is 0.342 e. The van der Waals surface area contributed by atoms with Gasteiger partial charge in [-0.3, -0.25) is 0 Å². The van der Waals surface area contributed by atoms with Crippen molar-refractivity contribution in [3.05, 3.63) is 29.6 Å². The Morgan fingerprint density at radius 2 is 2.31 bits per heavy atom. The predicted molar refractivity (Wildman–Crippen MR) is 61.9 cm³/mol. The fraction of sp³-hybridized carbons (Fsp3) is 0.385. The minimum absolute atomic E-state index is 0.512. The third-order valence-electron chi connectivity index (χ3n) is 3.39. The SMILES string of the molecule is CC(c1nc2ccc(C#N)cc2[nH]1)C1CC1. The van der Waals surface area contributed by atoms with Crippen LogP contribution >= 0.6 is 0 Å². The van der Waals surface area contributed by atoms with Gasteiger partial charge in [0.05, 0.1) is 22.7 Å². The molecule has 1 atom stereocenters. The highest BCUT2D eigenvalue weighted by atomic mass is 14.9. The molecule has 0 aliphatic heterocycles. The highest BCUT2D eigenvalue weighted by Gasteiger charge is 2.30. The van der Waals surface area contributed by atoms with Crippen LogP contribution in [0, 0.1) is 17.2 Å². The summed E-state index contributed by atoms with van der Waals surface area (Å²) in [6.45, 7) is 2.22. The van der Waals surface area contributed by atoms with Crippen LogP contribution in [0.15, 0.2) is 18.2 Å². The zero-order valence-corrected chi connectivity index (χ0v) is 9.20. The van der Waals surface area contributed by atoms with E-state index in [1.165, 1.54) is 12.8 Å². The van der Waals surface area contributed by atoms with Crippen LogP contribution in [-0.4, -0.2) is 9.97 Å². The molecule has 0 spiro atoms. The third kappa shape index (κ3) is 1.47. The first-order valence-corrected chi connectivity index (χ1v) is 5.67. The van der Waals surface area contributed by atoms with Crippen LogP contribution in [0.1, 0.15) is 37.1 Å². The summed E-state index contributed by atoms with van der Waals surface area (Å²) < 4.78 is 0. The van der Waals surface area contributed by atoms with Crippen LogP contribution in [0.4, 0.5) is 0 Å². The number of nitriles is 1. The van der Waals surface area contributed by atoms with E-state index in [1.807, 2.05) is 18.2 Å². The van der Waals surface area contributed by atoms with Gasteiger partial charge in [0, 0.05) is 5.92 Å². The Balaban J connectivity index is 2.05. The minimum Gasteiger partial charge on any atom is -0.342 e. The van der Waals surface area contributed by atoms with E-state index in [4.69, 9.17) is 5.26 Å². The van der Waals surface area contributed by atoms with Gasteiger partial charge in [-0.05, 0) is 37.0 Å². The molecule has 1 unspecified atom stereocenters. The van der Waals surface area contributed by atoms with Gasteiger partial charge in [-0.2, -0.15) is 5.26 Å². The van der Waals surface area contributed by atoms with Gasteiger partial charge in [0.15, 0.2) is 0 Å². The van der Waals surface area contributed by atoms with Crippen molar-refractivity contribution in [3.63, 3.8) is 0 Å². The van der Waals surface area contributed by atoms with Gasteiger partial charge in [-0.1, -0.05) is 6.92 Å². The first-order chi connectivity index (χ1) is 7.78. The van der Waals surface area contributed by atoms with E-state index >= 15 is 0 Å². The average Bonchev–Trinajstić information content (AvgIpc) is 3.06. The van der Waals surface area contributed by atoms with E-state index < -0.39 is 0 Å². The van der Waals surface area contributed by atoms with Crippen molar-refractivity contribution in [3.8, 4) is 6.07 Å². The van der Waals surface area contributed by atoms with Gasteiger partial charge in [-0.15, -0.1) is 0 Å². The van der Waals surface area contributed by atoms with Gasteiger partial charge in [0.2, 0.25) is 0 Å². The third-order valence-corrected chi connectivity index (χ3v) is 3.39. The molecule has 1 aromatic heterocycles. The van der Waals surface area contributed by atoms with Crippen molar-refractivity contribution in [2.24, 2.45) is 5.92 Å². The Labute approximate surface area is 94.1 Å². The van der Waals surface area contributed by atoms with Crippen LogP contribution in [0.3, 0.4) is 0 Å². The molecule has 0 bridgehead atoms. The van der Waals surface area contributed by atoms with Crippen LogP contribution in [0.25, 0.3) is 11.0 Å². The Hall–Kier alpha value is -1.82. The van der Waals surface area contributed by atoms with Crippen LogP contribution in [0.5, 0.6) is 0 Å². The number of rotatable bonds is 2. The Morgan fingerprint density at radius 3 is 3.00 bits per heavy atom. The highest BCUT2D eigenvalue weighted by molar-refractivity contribution is 5.76. The van der Waals surface area contributed by atoms with E-state index in [0.717, 1.165) is 22.8 Å². The van der Waals surface area contributed by atoms with E-state index in [1.54, 1.807) is 0 Å². The lowest BCUT2D eigenvalue weighted by atomic mass is 10.1. The van der Waals surface area contributed by atoms with E-state index in [-0.39, 0.29) is 0 Å². The second-order valence-electron chi connectivity index (χ2n) is 4.59. The lowest BCUT2D eigenvalue weighted by Crippen LogP contribution is -1.97. The molecule has 1 aliphatic rings. The van der Waals surface area contributed by atoms with Crippen molar-refractivity contribution in [2.75, 3.05) is 0 Å². The number of imidazole rings is 1. The molecule has 2 aromatic rings. The number of nitrogens with zero attached hydrogens (tertiary/aromatic N) is 2. The maximum atomic E-state index is 8.83. The summed E-state index contributed by atoms with van der Waals surface area (Å²) in [5.74, 6) is 2.38. The molecule has 1 saturated carbocycles. The smallest absolute Gasteiger partial charge is 0.110 e. The number of aromatic nitrogens is 2. The summed E-state index contributed by atoms with van der Waals surface area (Å²) in [5, 5.41) is 8.83. The molecule has 3 heteroatoms. The Kier molecular flexibility index (Phi) is 1.97. The fourth-order valence-corrected chi connectivity index (χ4v) is 2.13. The summed E-state index contributed by atoms with van der Waals surface area (Å²) in [7, 11) is 0. The normalized spacial score (nSPS) is 17.2. The molecule has 3 nitrogen and oxygen atoms in total. The van der Waals surface area contributed by atoms with Crippen molar-refractivity contribution < 1.29 is 0 Å². The second kappa shape index (κ2) is 3.34. The first kappa shape index (κ1) is 9.41. The molecule has 80 valence electrons. The zero-order chi connectivity index (χ0) is 11.1. The second-order valence-corrected chi connectivity index (χ2v) is 4.59. The van der Waals surface area contributed by atoms with E-state index in [0.29, 0.717) is 11.5 Å². The molecule has 0 saturated heterocycles. The lowest BCUT2D eigenvalue weighted by molar-refractivity contribution is 0.630. The number of aromatic amines is 1. The predicted octanol–water partition coefficient (Wildman–Crippen LogP) is 2.95. The highest BCUT2D eigenvalue weighted by Crippen LogP contribution is 2.41. The van der Waals surface area contributed by atoms with E-state index in [2.05, 4.69) is 23.0 Å². The summed E-state index contributed by atoms with van der Waals surface area (Å²) in [6.07, 6.45) is 2.64. The first-order valence-electron chi connectivity index (χ1n) is 5.67. The molecule has 1 aliphatic carbocycles. The Bertz CT molecular complexity index is 572. The molecule has 1 aromatic carbocycles. The average molecular weight is 211 g/mol. The molecule has 0 radical (unpaired) electrons. The molecular formula is C13H13N3. The maximum absolute atomic E-state index is 8.83. The number of hydrogen-bond donors (Lipinski definition) is 1. The topological polar surface area (TPSA) is 52.5 Å². The summed E-state index contributed by atoms with van der Waals surface area (Å²) >= 11 is 0. The maximum Gasteiger partial charge on any atom is 0.110 e. The van der Waals surface area contributed by atoms with Gasteiger partial charge < -0.3 is 4.98 Å². The van der Waals surface area contributed by atoms with Crippen molar-refractivity contribution in [2.45, 2.75) is 25.7 Å². The number of nitrogens with one attached hydrogen (secondary N) is 1. The molecule has 1 N–H and O–H groups in total.